The number of anilines is 1. The number of hydrogen-bond acceptors (Lipinski definition) is 4. The van der Waals surface area contributed by atoms with E-state index in [1.165, 1.54) is 10.8 Å². The summed E-state index contributed by atoms with van der Waals surface area (Å²) in [5.41, 5.74) is 0.472. The van der Waals surface area contributed by atoms with Crippen LogP contribution in [0.4, 0.5) is 5.69 Å². The molecular weight excluding hydrogens is 218 g/mol. The summed E-state index contributed by atoms with van der Waals surface area (Å²) in [6.07, 6.45) is 1.51. The molecule has 1 heterocycles. The molecule has 0 aliphatic heterocycles. The highest BCUT2D eigenvalue weighted by atomic mass is 16.3. The minimum atomic E-state index is -0.466. The van der Waals surface area contributed by atoms with Gasteiger partial charge in [-0.1, -0.05) is 6.58 Å². The van der Waals surface area contributed by atoms with Gasteiger partial charge in [-0.2, -0.15) is 5.26 Å². The minimum Gasteiger partial charge on any atom is -0.493 e. The maximum atomic E-state index is 11.9. The van der Waals surface area contributed by atoms with Crippen LogP contribution < -0.4 is 10.5 Å². The van der Waals surface area contributed by atoms with Crippen molar-refractivity contribution < 1.29 is 5.11 Å². The summed E-state index contributed by atoms with van der Waals surface area (Å²) in [5.74, 6) is -0.142. The van der Waals surface area contributed by atoms with Crippen LogP contribution in [0.25, 0.3) is 0 Å². The van der Waals surface area contributed by atoms with E-state index in [1.54, 1.807) is 25.8 Å². The van der Waals surface area contributed by atoms with Gasteiger partial charge in [0.1, 0.15) is 17.3 Å². The zero-order valence-electron chi connectivity index (χ0n) is 10.2. The van der Waals surface area contributed by atoms with Gasteiger partial charge in [0.15, 0.2) is 0 Å². The van der Waals surface area contributed by atoms with Crippen LogP contribution in [0.5, 0.6) is 5.88 Å². The second-order valence-electron chi connectivity index (χ2n) is 3.63. The van der Waals surface area contributed by atoms with Crippen molar-refractivity contribution in [2.45, 2.75) is 20.4 Å². The van der Waals surface area contributed by atoms with E-state index < -0.39 is 5.56 Å². The second kappa shape index (κ2) is 4.74. The van der Waals surface area contributed by atoms with Gasteiger partial charge >= 0.3 is 0 Å². The van der Waals surface area contributed by atoms with E-state index >= 15 is 0 Å². The lowest BCUT2D eigenvalue weighted by atomic mass is 10.1. The predicted molar refractivity (Wildman–Crippen MR) is 66.1 cm³/mol. The fourth-order valence-corrected chi connectivity index (χ4v) is 1.74. The minimum absolute atomic E-state index is 0.0494. The van der Waals surface area contributed by atoms with Crippen LogP contribution in [-0.2, 0) is 6.54 Å². The van der Waals surface area contributed by atoms with Gasteiger partial charge in [-0.15, -0.1) is 0 Å². The van der Waals surface area contributed by atoms with Crippen molar-refractivity contribution in [1.82, 2.24) is 4.57 Å². The van der Waals surface area contributed by atoms with Crippen molar-refractivity contribution >= 4 is 5.69 Å². The maximum Gasteiger partial charge on any atom is 0.271 e. The van der Waals surface area contributed by atoms with E-state index in [1.807, 2.05) is 6.07 Å². The number of rotatable bonds is 3. The molecule has 5 heteroatoms. The van der Waals surface area contributed by atoms with E-state index in [4.69, 9.17) is 5.26 Å². The molecule has 1 aromatic rings. The first-order valence-corrected chi connectivity index (χ1v) is 5.21. The Bertz CT molecular complexity index is 552. The molecule has 0 radical (unpaired) electrons. The van der Waals surface area contributed by atoms with Gasteiger partial charge in [-0.05, 0) is 20.0 Å². The Morgan fingerprint density at radius 3 is 2.65 bits per heavy atom. The van der Waals surface area contributed by atoms with Gasteiger partial charge in [0.2, 0.25) is 5.88 Å². The molecule has 0 amide bonds. The molecule has 1 N–H and O–H groups in total. The third kappa shape index (κ3) is 1.89. The van der Waals surface area contributed by atoms with Crippen LogP contribution in [0.1, 0.15) is 18.1 Å². The van der Waals surface area contributed by atoms with E-state index in [9.17, 15) is 9.90 Å². The van der Waals surface area contributed by atoms with Crippen LogP contribution >= 0.6 is 0 Å². The Labute approximate surface area is 99.8 Å². The molecule has 1 aromatic heterocycles. The Balaban J connectivity index is 3.79. The standard InChI is InChI=1S/C12H15N3O2/c1-5-14(4)10-8(3)9(7-13)11(16)15(6-2)12(10)17/h5,17H,1,6H2,2-4H3. The average molecular weight is 233 g/mol. The van der Waals surface area contributed by atoms with Crippen LogP contribution in [0.3, 0.4) is 0 Å². The molecular formula is C12H15N3O2. The summed E-state index contributed by atoms with van der Waals surface area (Å²) in [4.78, 5) is 13.5. The number of nitriles is 1. The van der Waals surface area contributed by atoms with Crippen molar-refractivity contribution in [2.24, 2.45) is 0 Å². The van der Waals surface area contributed by atoms with Crippen molar-refractivity contribution in [3.63, 3.8) is 0 Å². The quantitative estimate of drug-likeness (QED) is 0.855. The maximum absolute atomic E-state index is 11.9. The zero-order valence-corrected chi connectivity index (χ0v) is 10.2. The Hall–Kier alpha value is -2.22. The number of aromatic hydroxyl groups is 1. The lowest BCUT2D eigenvalue weighted by Crippen LogP contribution is -2.26. The molecule has 0 aliphatic carbocycles. The molecule has 0 atom stereocenters. The summed E-state index contributed by atoms with van der Waals surface area (Å²) < 4.78 is 1.17. The van der Waals surface area contributed by atoms with Gasteiger partial charge in [-0.25, -0.2) is 0 Å². The third-order valence-electron chi connectivity index (χ3n) is 2.71. The molecule has 0 fully saturated rings. The summed E-state index contributed by atoms with van der Waals surface area (Å²) in [7, 11) is 1.70. The Morgan fingerprint density at radius 2 is 2.24 bits per heavy atom. The molecule has 0 unspecified atom stereocenters. The average Bonchev–Trinajstić information content (AvgIpc) is 2.29. The Kier molecular flexibility index (Phi) is 3.59. The lowest BCUT2D eigenvalue weighted by molar-refractivity contribution is 0.411. The predicted octanol–water partition coefficient (Wildman–Crippen LogP) is 1.33. The number of hydrogen-bond donors (Lipinski definition) is 1. The highest BCUT2D eigenvalue weighted by molar-refractivity contribution is 5.65. The summed E-state index contributed by atoms with van der Waals surface area (Å²) in [6, 6.07) is 1.88. The van der Waals surface area contributed by atoms with Crippen molar-refractivity contribution in [2.75, 3.05) is 11.9 Å². The molecule has 5 nitrogen and oxygen atoms in total. The smallest absolute Gasteiger partial charge is 0.271 e. The molecule has 1 rings (SSSR count). The molecule has 0 saturated carbocycles. The summed E-state index contributed by atoms with van der Waals surface area (Å²) in [5, 5.41) is 19.0. The first-order valence-electron chi connectivity index (χ1n) is 5.21. The van der Waals surface area contributed by atoms with Gasteiger partial charge < -0.3 is 10.0 Å². The fourth-order valence-electron chi connectivity index (χ4n) is 1.74. The van der Waals surface area contributed by atoms with Crippen molar-refractivity contribution in [3.05, 3.63) is 34.3 Å². The molecule has 0 aliphatic rings. The number of aromatic nitrogens is 1. The first-order chi connectivity index (χ1) is 7.99. The molecule has 0 aromatic carbocycles. The summed E-state index contributed by atoms with van der Waals surface area (Å²) in [6.45, 7) is 7.27. The van der Waals surface area contributed by atoms with Crippen molar-refractivity contribution in [1.29, 1.82) is 5.26 Å². The number of pyridine rings is 1. The molecule has 17 heavy (non-hydrogen) atoms. The topological polar surface area (TPSA) is 69.3 Å². The lowest BCUT2D eigenvalue weighted by Gasteiger charge is -2.21. The summed E-state index contributed by atoms with van der Waals surface area (Å²) >= 11 is 0. The molecule has 90 valence electrons. The van der Waals surface area contributed by atoms with Crippen LogP contribution in [0.2, 0.25) is 0 Å². The highest BCUT2D eigenvalue weighted by Crippen LogP contribution is 2.30. The van der Waals surface area contributed by atoms with E-state index in [2.05, 4.69) is 6.58 Å². The largest absolute Gasteiger partial charge is 0.493 e. The van der Waals surface area contributed by atoms with E-state index in [0.29, 0.717) is 17.8 Å². The third-order valence-corrected chi connectivity index (χ3v) is 2.71. The molecule has 0 spiro atoms. The van der Waals surface area contributed by atoms with Gasteiger partial charge in [0.25, 0.3) is 5.56 Å². The molecule has 0 saturated heterocycles. The zero-order chi connectivity index (χ0) is 13.2. The Morgan fingerprint density at radius 1 is 1.65 bits per heavy atom. The normalized spacial score (nSPS) is 9.76. The fraction of sp³-hybridized carbons (Fsp3) is 0.333. The van der Waals surface area contributed by atoms with Crippen molar-refractivity contribution in [3.8, 4) is 11.9 Å². The second-order valence-corrected chi connectivity index (χ2v) is 3.63. The van der Waals surface area contributed by atoms with E-state index in [-0.39, 0.29) is 11.4 Å². The van der Waals surface area contributed by atoms with Crippen LogP contribution in [0.15, 0.2) is 17.6 Å². The SMILES string of the molecule is C=CN(C)c1c(C)c(C#N)c(=O)n(CC)c1O. The van der Waals surface area contributed by atoms with Gasteiger partial charge in [-0.3, -0.25) is 9.36 Å². The highest BCUT2D eigenvalue weighted by Gasteiger charge is 2.19. The van der Waals surface area contributed by atoms with Gasteiger partial charge in [0, 0.05) is 19.2 Å². The van der Waals surface area contributed by atoms with E-state index in [0.717, 1.165) is 0 Å². The van der Waals surface area contributed by atoms with Crippen LogP contribution in [0, 0.1) is 18.3 Å². The number of nitrogens with zero attached hydrogens (tertiary/aromatic N) is 3. The van der Waals surface area contributed by atoms with Gasteiger partial charge in [0.05, 0.1) is 0 Å². The van der Waals surface area contributed by atoms with Crippen LogP contribution in [-0.4, -0.2) is 16.7 Å². The monoisotopic (exact) mass is 233 g/mol. The molecule has 0 bridgehead atoms. The first kappa shape index (κ1) is 12.8.